The highest BCUT2D eigenvalue weighted by molar-refractivity contribution is 8.76. The van der Waals surface area contributed by atoms with Gasteiger partial charge in [0.1, 0.15) is 12.1 Å². The first-order valence-corrected chi connectivity index (χ1v) is 11.5. The van der Waals surface area contributed by atoms with Crippen LogP contribution in [-0.2, 0) is 19.2 Å². The van der Waals surface area contributed by atoms with Gasteiger partial charge in [-0.15, -0.1) is 0 Å². The molecule has 0 aromatic carbocycles. The van der Waals surface area contributed by atoms with Crippen LogP contribution in [0.15, 0.2) is 0 Å². The van der Waals surface area contributed by atoms with Gasteiger partial charge < -0.3 is 20.8 Å². The number of hydrogen-bond donors (Lipinski definition) is 4. The molecule has 0 bridgehead atoms. The highest BCUT2D eigenvalue weighted by Crippen LogP contribution is 2.24. The number of carbonyl (C=O) groups is 4. The maximum absolute atomic E-state index is 11.9. The molecule has 0 heterocycles. The van der Waals surface area contributed by atoms with Crippen LogP contribution >= 0.6 is 21.6 Å². The van der Waals surface area contributed by atoms with Crippen LogP contribution in [0.25, 0.3) is 0 Å². The Morgan fingerprint density at radius 3 is 1.21 bits per heavy atom. The van der Waals surface area contributed by atoms with Crippen molar-refractivity contribution >= 4 is 45.3 Å². The molecule has 162 valence electrons. The summed E-state index contributed by atoms with van der Waals surface area (Å²) in [6.07, 6.45) is 0.524. The van der Waals surface area contributed by atoms with E-state index in [0.29, 0.717) is 11.5 Å². The highest BCUT2D eigenvalue weighted by Gasteiger charge is 2.28. The molecule has 0 fully saturated rings. The lowest BCUT2D eigenvalue weighted by Gasteiger charge is -2.22. The van der Waals surface area contributed by atoms with Gasteiger partial charge in [-0.3, -0.25) is 9.59 Å². The first-order chi connectivity index (χ1) is 12.7. The predicted octanol–water partition coefficient (Wildman–Crippen LogP) is 2.38. The predicted molar refractivity (Wildman–Crippen MR) is 112 cm³/mol. The number of nitrogens with one attached hydrogen (secondary N) is 2. The van der Waals surface area contributed by atoms with Crippen LogP contribution in [0, 0.1) is 10.8 Å². The molecule has 0 saturated carbocycles. The molecule has 0 aromatic heterocycles. The van der Waals surface area contributed by atoms with Crippen LogP contribution in [0.3, 0.4) is 0 Å². The van der Waals surface area contributed by atoms with E-state index >= 15 is 0 Å². The van der Waals surface area contributed by atoms with Gasteiger partial charge in [-0.25, -0.2) is 9.59 Å². The van der Waals surface area contributed by atoms with E-state index in [2.05, 4.69) is 10.6 Å². The molecular weight excluding hydrogens is 404 g/mol. The van der Waals surface area contributed by atoms with Gasteiger partial charge in [-0.1, -0.05) is 63.1 Å². The summed E-state index contributed by atoms with van der Waals surface area (Å²) in [6, 6.07) is -1.92. The van der Waals surface area contributed by atoms with Crippen LogP contribution in [0.2, 0.25) is 0 Å². The zero-order valence-electron chi connectivity index (χ0n) is 17.3. The van der Waals surface area contributed by atoms with Crippen molar-refractivity contribution < 1.29 is 29.4 Å². The third-order valence-electron chi connectivity index (χ3n) is 3.63. The molecule has 4 N–H and O–H groups in total. The normalized spacial score (nSPS) is 14.1. The Balaban J connectivity index is 4.31. The van der Waals surface area contributed by atoms with Crippen LogP contribution in [0.1, 0.15) is 54.4 Å². The van der Waals surface area contributed by atoms with Crippen molar-refractivity contribution in [2.24, 2.45) is 10.8 Å². The van der Waals surface area contributed by atoms with Gasteiger partial charge in [0, 0.05) is 22.3 Å². The quantitative estimate of drug-likeness (QED) is 0.287. The summed E-state index contributed by atoms with van der Waals surface area (Å²) in [6.45, 7) is 10.3. The first kappa shape index (κ1) is 26.6. The van der Waals surface area contributed by atoms with Gasteiger partial charge in [0.2, 0.25) is 11.8 Å². The Hall–Kier alpha value is -1.42. The third kappa shape index (κ3) is 10.8. The van der Waals surface area contributed by atoms with E-state index in [-0.39, 0.29) is 24.7 Å². The molecule has 2 amide bonds. The molecule has 8 nitrogen and oxygen atoms in total. The standard InChI is InChI=1S/C18H32N2O6S2/c1-17(2,3)15(25)19-11(13(21)22)7-9-27-28-10-8-12(14(23)24)20-16(26)18(4,5)6/h11-12H,7-10H2,1-6H3,(H,19,25)(H,20,26)(H,21,22)(H,23,24)/t11-,12-/m0/s1. The molecule has 0 radical (unpaired) electrons. The van der Waals surface area contributed by atoms with Crippen LogP contribution in [0.4, 0.5) is 0 Å². The lowest BCUT2D eigenvalue weighted by atomic mass is 9.95. The molecule has 0 unspecified atom stereocenters. The second-order valence-electron chi connectivity index (χ2n) is 8.45. The second kappa shape index (κ2) is 11.5. The van der Waals surface area contributed by atoms with Gasteiger partial charge in [0.25, 0.3) is 0 Å². The molecule has 0 aliphatic rings. The summed E-state index contributed by atoms with van der Waals surface area (Å²) < 4.78 is 0. The van der Waals surface area contributed by atoms with Crippen LogP contribution < -0.4 is 10.6 Å². The lowest BCUT2D eigenvalue weighted by Crippen LogP contribution is -2.46. The smallest absolute Gasteiger partial charge is 0.326 e. The maximum atomic E-state index is 11.9. The fourth-order valence-electron chi connectivity index (χ4n) is 1.71. The van der Waals surface area contributed by atoms with Crippen molar-refractivity contribution in [3.05, 3.63) is 0 Å². The van der Waals surface area contributed by atoms with Crippen molar-refractivity contribution in [2.45, 2.75) is 66.5 Å². The van der Waals surface area contributed by atoms with Gasteiger partial charge in [0.05, 0.1) is 0 Å². The van der Waals surface area contributed by atoms with E-state index in [9.17, 15) is 29.4 Å². The fourth-order valence-corrected chi connectivity index (χ4v) is 3.90. The minimum Gasteiger partial charge on any atom is -0.480 e. The lowest BCUT2D eigenvalue weighted by molar-refractivity contribution is -0.143. The number of amides is 2. The Labute approximate surface area is 174 Å². The Morgan fingerprint density at radius 1 is 0.714 bits per heavy atom. The summed E-state index contributed by atoms with van der Waals surface area (Å²) in [5.41, 5.74) is -1.34. The number of aliphatic carboxylic acids is 2. The summed E-state index contributed by atoms with van der Waals surface area (Å²) in [7, 11) is 2.82. The van der Waals surface area contributed by atoms with Crippen molar-refractivity contribution in [3.63, 3.8) is 0 Å². The molecule has 0 spiro atoms. The largest absolute Gasteiger partial charge is 0.480 e. The van der Waals surface area contributed by atoms with Crippen molar-refractivity contribution in [1.82, 2.24) is 10.6 Å². The minimum absolute atomic E-state index is 0.262. The van der Waals surface area contributed by atoms with Gasteiger partial charge >= 0.3 is 11.9 Å². The van der Waals surface area contributed by atoms with Crippen molar-refractivity contribution in [2.75, 3.05) is 11.5 Å². The van der Waals surface area contributed by atoms with Crippen LogP contribution in [-0.4, -0.2) is 57.6 Å². The number of rotatable bonds is 11. The number of hydrogen-bond acceptors (Lipinski definition) is 6. The summed E-state index contributed by atoms with van der Waals surface area (Å²) in [5, 5.41) is 23.5. The molecule has 0 aromatic rings. The molecule has 2 atom stereocenters. The number of carboxylic acids is 2. The zero-order valence-corrected chi connectivity index (χ0v) is 19.0. The van der Waals surface area contributed by atoms with Gasteiger partial charge in [0.15, 0.2) is 0 Å². The SMILES string of the molecule is CC(C)(C)C(=O)N[C@@H](CCSSCC[C@H](NC(=O)C(C)(C)C)C(=O)O)C(=O)O. The minimum atomic E-state index is -1.08. The average molecular weight is 437 g/mol. The second-order valence-corrected chi connectivity index (χ2v) is 11.2. The number of carboxylic acid groups (broad SMARTS) is 2. The fraction of sp³-hybridized carbons (Fsp3) is 0.778. The Kier molecular flexibility index (Phi) is 11.0. The Morgan fingerprint density at radius 2 is 1.00 bits per heavy atom. The van der Waals surface area contributed by atoms with E-state index in [0.717, 1.165) is 0 Å². The summed E-state index contributed by atoms with van der Waals surface area (Å²) >= 11 is 0. The molecule has 10 heteroatoms. The summed E-state index contributed by atoms with van der Waals surface area (Å²) in [4.78, 5) is 46.5. The molecular formula is C18H32N2O6S2. The molecule has 28 heavy (non-hydrogen) atoms. The van der Waals surface area contributed by atoms with Gasteiger partial charge in [-0.05, 0) is 12.8 Å². The van der Waals surface area contributed by atoms with Gasteiger partial charge in [-0.2, -0.15) is 0 Å². The highest BCUT2D eigenvalue weighted by atomic mass is 33.1. The molecule has 0 rings (SSSR count). The van der Waals surface area contributed by atoms with E-state index in [4.69, 9.17) is 0 Å². The van der Waals surface area contributed by atoms with Crippen LogP contribution in [0.5, 0.6) is 0 Å². The van der Waals surface area contributed by atoms with Crippen molar-refractivity contribution in [3.8, 4) is 0 Å². The van der Waals surface area contributed by atoms with Crippen molar-refractivity contribution in [1.29, 1.82) is 0 Å². The maximum Gasteiger partial charge on any atom is 0.326 e. The zero-order chi connectivity index (χ0) is 22.1. The monoisotopic (exact) mass is 436 g/mol. The molecule has 0 aliphatic heterocycles. The topological polar surface area (TPSA) is 133 Å². The Bertz CT molecular complexity index is 519. The third-order valence-corrected chi connectivity index (χ3v) is 6.10. The summed E-state index contributed by atoms with van der Waals surface area (Å²) in [5.74, 6) is -1.85. The van der Waals surface area contributed by atoms with E-state index in [1.54, 1.807) is 41.5 Å². The van der Waals surface area contributed by atoms with E-state index in [1.807, 2.05) is 0 Å². The average Bonchev–Trinajstić information content (AvgIpc) is 2.52. The molecule has 0 saturated heterocycles. The molecule has 0 aliphatic carbocycles. The van der Waals surface area contributed by atoms with E-state index in [1.165, 1.54) is 21.6 Å². The number of carbonyl (C=O) groups excluding carboxylic acids is 2. The first-order valence-electron chi connectivity index (χ1n) is 8.98. The van der Waals surface area contributed by atoms with E-state index < -0.39 is 34.9 Å².